The molecule has 2 rings (SSSR count). The van der Waals surface area contributed by atoms with Crippen LogP contribution in [0.1, 0.15) is 26.2 Å². The first-order chi connectivity index (χ1) is 9.24. The van der Waals surface area contributed by atoms with E-state index in [9.17, 15) is 23.1 Å². The quantitative estimate of drug-likeness (QED) is 0.765. The zero-order valence-corrected chi connectivity index (χ0v) is 12.0. The average Bonchev–Trinajstić information content (AvgIpc) is 2.68. The van der Waals surface area contributed by atoms with Crippen LogP contribution in [-0.2, 0) is 14.6 Å². The van der Waals surface area contributed by atoms with E-state index in [0.29, 0.717) is 13.0 Å². The molecule has 0 radical (unpaired) electrons. The summed E-state index contributed by atoms with van der Waals surface area (Å²) in [6.45, 7) is 1.88. The van der Waals surface area contributed by atoms with Gasteiger partial charge in [0, 0.05) is 12.0 Å². The highest BCUT2D eigenvalue weighted by atomic mass is 32.2. The van der Waals surface area contributed by atoms with Crippen LogP contribution >= 0.6 is 0 Å². The van der Waals surface area contributed by atoms with Crippen molar-refractivity contribution in [3.63, 3.8) is 0 Å². The normalized spacial score (nSPS) is 32.0. The van der Waals surface area contributed by atoms with Gasteiger partial charge in [-0.25, -0.2) is 18.0 Å². The summed E-state index contributed by atoms with van der Waals surface area (Å²) in [6.07, 6.45) is 3.31. The molecule has 0 saturated carbocycles. The number of piperidine rings is 1. The maximum Gasteiger partial charge on any atom is 0.329 e. The number of carboxylic acid groups (broad SMARTS) is 1. The van der Waals surface area contributed by atoms with E-state index < -0.39 is 33.4 Å². The van der Waals surface area contributed by atoms with E-state index >= 15 is 0 Å². The number of hydrogen-bond donors (Lipinski definition) is 2. The summed E-state index contributed by atoms with van der Waals surface area (Å²) in [6, 6.07) is -1.12. The number of nitrogens with zero attached hydrogens (tertiary/aromatic N) is 1. The molecule has 0 bridgehead atoms. The number of carbonyl (C=O) groups excluding carboxylic acids is 1. The fraction of sp³-hybridized carbons (Fsp3) is 0.667. The molecule has 2 unspecified atom stereocenters. The third-order valence-corrected chi connectivity index (χ3v) is 5.23. The summed E-state index contributed by atoms with van der Waals surface area (Å²) in [7, 11) is -3.25. The molecule has 0 aliphatic carbocycles. The molecule has 2 amide bonds. The minimum absolute atomic E-state index is 0.170. The van der Waals surface area contributed by atoms with Crippen molar-refractivity contribution in [2.24, 2.45) is 0 Å². The van der Waals surface area contributed by atoms with Gasteiger partial charge in [-0.1, -0.05) is 0 Å². The number of carboxylic acids is 1. The van der Waals surface area contributed by atoms with Crippen LogP contribution in [0.25, 0.3) is 0 Å². The maximum atomic E-state index is 12.2. The van der Waals surface area contributed by atoms with Crippen molar-refractivity contribution in [2.45, 2.75) is 37.8 Å². The van der Waals surface area contributed by atoms with Gasteiger partial charge < -0.3 is 15.3 Å². The molecule has 8 heteroatoms. The number of hydrogen-bond acceptors (Lipinski definition) is 4. The number of nitrogens with one attached hydrogen (secondary N) is 1. The Kier molecular flexibility index (Phi) is 3.77. The number of carbonyl (C=O) groups is 2. The van der Waals surface area contributed by atoms with Gasteiger partial charge in [0.25, 0.3) is 0 Å². The average molecular weight is 302 g/mol. The lowest BCUT2D eigenvalue weighted by Crippen LogP contribution is -2.61. The van der Waals surface area contributed by atoms with Crippen LogP contribution in [0.15, 0.2) is 11.5 Å². The highest BCUT2D eigenvalue weighted by Crippen LogP contribution is 2.28. The third-order valence-electron chi connectivity index (χ3n) is 3.84. The van der Waals surface area contributed by atoms with E-state index in [1.54, 1.807) is 0 Å². The molecule has 2 atom stereocenters. The van der Waals surface area contributed by atoms with Crippen LogP contribution < -0.4 is 5.32 Å². The van der Waals surface area contributed by atoms with Crippen LogP contribution in [0.2, 0.25) is 0 Å². The minimum Gasteiger partial charge on any atom is -0.480 e. The van der Waals surface area contributed by atoms with E-state index in [-0.39, 0.29) is 5.75 Å². The summed E-state index contributed by atoms with van der Waals surface area (Å²) in [5.41, 5.74) is -1.23. The molecule has 1 fully saturated rings. The monoisotopic (exact) mass is 302 g/mol. The molecule has 0 aromatic carbocycles. The molecular formula is C12H18N2O5S. The number of amides is 2. The third kappa shape index (κ3) is 2.79. The number of sulfone groups is 1. The molecular weight excluding hydrogens is 284 g/mol. The second-order valence-electron chi connectivity index (χ2n) is 5.40. The molecule has 2 heterocycles. The predicted molar refractivity (Wildman–Crippen MR) is 71.8 cm³/mol. The first-order valence-corrected chi connectivity index (χ1v) is 8.19. The highest BCUT2D eigenvalue weighted by molar-refractivity contribution is 7.94. The van der Waals surface area contributed by atoms with Gasteiger partial charge in [-0.3, -0.25) is 0 Å². The Morgan fingerprint density at radius 3 is 2.65 bits per heavy atom. The Morgan fingerprint density at radius 2 is 2.10 bits per heavy atom. The molecule has 20 heavy (non-hydrogen) atoms. The van der Waals surface area contributed by atoms with E-state index in [2.05, 4.69) is 5.32 Å². The lowest BCUT2D eigenvalue weighted by Gasteiger charge is -2.41. The standard InChI is InChI=1S/C12H18N2O5S/c1-12(10(15)16)5-2-3-6-14(12)11(17)13-9-4-7-20(18,19)8-9/h4,7,9H,2-3,5-6,8H2,1H3,(H,13,17)(H,15,16). The summed E-state index contributed by atoms with van der Waals surface area (Å²) < 4.78 is 22.6. The number of likely N-dealkylation sites (tertiary alicyclic amines) is 1. The van der Waals surface area contributed by atoms with Crippen molar-refractivity contribution in [2.75, 3.05) is 12.3 Å². The largest absolute Gasteiger partial charge is 0.480 e. The van der Waals surface area contributed by atoms with Crippen molar-refractivity contribution < 1.29 is 23.1 Å². The van der Waals surface area contributed by atoms with Gasteiger partial charge in [-0.2, -0.15) is 0 Å². The van der Waals surface area contributed by atoms with Crippen LogP contribution in [-0.4, -0.2) is 54.3 Å². The number of aliphatic carboxylic acids is 1. The van der Waals surface area contributed by atoms with Crippen LogP contribution in [0.3, 0.4) is 0 Å². The van der Waals surface area contributed by atoms with Crippen molar-refractivity contribution in [3.05, 3.63) is 11.5 Å². The van der Waals surface area contributed by atoms with Crippen LogP contribution in [0.4, 0.5) is 4.79 Å². The Labute approximate surface area is 117 Å². The van der Waals surface area contributed by atoms with Crippen LogP contribution in [0, 0.1) is 0 Å². The first kappa shape index (κ1) is 14.8. The SMILES string of the molecule is CC1(C(=O)O)CCCCN1C(=O)NC1C=CS(=O)(=O)C1. The maximum absolute atomic E-state index is 12.2. The molecule has 112 valence electrons. The molecule has 1 saturated heterocycles. The van der Waals surface area contributed by atoms with E-state index in [0.717, 1.165) is 18.2 Å². The van der Waals surface area contributed by atoms with Crippen molar-refractivity contribution >= 4 is 21.8 Å². The second kappa shape index (κ2) is 5.08. The van der Waals surface area contributed by atoms with E-state index in [1.807, 2.05) is 0 Å². The number of rotatable bonds is 2. The summed E-state index contributed by atoms with van der Waals surface area (Å²) in [4.78, 5) is 24.9. The molecule has 7 nitrogen and oxygen atoms in total. The van der Waals surface area contributed by atoms with Crippen molar-refractivity contribution in [3.8, 4) is 0 Å². The lowest BCUT2D eigenvalue weighted by atomic mass is 9.89. The van der Waals surface area contributed by atoms with Gasteiger partial charge in [0.15, 0.2) is 9.84 Å². The summed E-state index contributed by atoms with van der Waals surface area (Å²) in [5.74, 6) is -1.21. The Bertz CT molecular complexity index is 556. The fourth-order valence-electron chi connectivity index (χ4n) is 2.57. The van der Waals surface area contributed by atoms with Gasteiger partial charge >= 0.3 is 12.0 Å². The smallest absolute Gasteiger partial charge is 0.329 e. The van der Waals surface area contributed by atoms with Gasteiger partial charge in [0.05, 0.1) is 11.8 Å². The molecule has 2 aliphatic heterocycles. The molecule has 0 aromatic heterocycles. The first-order valence-electron chi connectivity index (χ1n) is 6.47. The van der Waals surface area contributed by atoms with E-state index in [1.165, 1.54) is 17.9 Å². The zero-order valence-electron chi connectivity index (χ0n) is 11.2. The van der Waals surface area contributed by atoms with Gasteiger partial charge in [-0.05, 0) is 32.3 Å². The summed E-state index contributed by atoms with van der Waals surface area (Å²) in [5, 5.41) is 13.0. The minimum atomic E-state index is -3.25. The van der Waals surface area contributed by atoms with Crippen LogP contribution in [0.5, 0.6) is 0 Å². The topological polar surface area (TPSA) is 104 Å². The van der Waals surface area contributed by atoms with Crippen molar-refractivity contribution in [1.29, 1.82) is 0 Å². The molecule has 2 aliphatic rings. The molecule has 0 spiro atoms. The highest BCUT2D eigenvalue weighted by Gasteiger charge is 2.44. The van der Waals surface area contributed by atoms with Gasteiger partial charge in [0.2, 0.25) is 0 Å². The predicted octanol–water partition coefficient (Wildman–Crippen LogP) is 0.336. The van der Waals surface area contributed by atoms with Gasteiger partial charge in [-0.15, -0.1) is 0 Å². The summed E-state index contributed by atoms with van der Waals surface area (Å²) >= 11 is 0. The Hall–Kier alpha value is -1.57. The second-order valence-corrected chi connectivity index (χ2v) is 7.33. The zero-order chi connectivity index (χ0) is 15.0. The molecule has 0 aromatic rings. The Morgan fingerprint density at radius 1 is 1.40 bits per heavy atom. The van der Waals surface area contributed by atoms with Gasteiger partial charge in [0.1, 0.15) is 5.54 Å². The van der Waals surface area contributed by atoms with E-state index in [4.69, 9.17) is 0 Å². The Balaban J connectivity index is 2.08. The van der Waals surface area contributed by atoms with Crippen molar-refractivity contribution in [1.82, 2.24) is 10.2 Å². The fourth-order valence-corrected chi connectivity index (χ4v) is 3.81. The molecule has 2 N–H and O–H groups in total. The number of urea groups is 1. The lowest BCUT2D eigenvalue weighted by molar-refractivity contribution is -0.150.